The summed E-state index contributed by atoms with van der Waals surface area (Å²) in [6.07, 6.45) is 4.04. The second-order valence-electron chi connectivity index (χ2n) is 4.96. The molecule has 6 nitrogen and oxygen atoms in total. The molecule has 0 amide bonds. The number of hydrogen-bond acceptors (Lipinski definition) is 4. The molecule has 0 aliphatic carbocycles. The van der Waals surface area contributed by atoms with Gasteiger partial charge in [-0.2, -0.15) is 30.0 Å². The Kier molecular flexibility index (Phi) is 3.12. The second kappa shape index (κ2) is 5.40. The van der Waals surface area contributed by atoms with E-state index in [-0.39, 0.29) is 0 Å². The van der Waals surface area contributed by atoms with Crippen molar-refractivity contribution in [2.75, 3.05) is 0 Å². The summed E-state index contributed by atoms with van der Waals surface area (Å²) in [7, 11) is 0. The van der Waals surface area contributed by atoms with Crippen LogP contribution in [0.2, 0.25) is 0 Å². The van der Waals surface area contributed by atoms with Gasteiger partial charge < -0.3 is 0 Å². The molecule has 2 aromatic heterocycles. The molecule has 2 aromatic carbocycles. The van der Waals surface area contributed by atoms with Crippen LogP contribution in [0, 0.1) is 0 Å². The third-order valence-electron chi connectivity index (χ3n) is 3.36. The molecule has 0 spiro atoms. The number of allylic oxidation sites excluding steroid dienone is 2. The normalized spacial score (nSPS) is 11.8. The van der Waals surface area contributed by atoms with Crippen molar-refractivity contribution in [1.29, 1.82) is 0 Å². The number of fused-ring (bicyclic) bond motifs is 2. The molecule has 0 saturated carbocycles. The van der Waals surface area contributed by atoms with Crippen LogP contribution in [0.15, 0.2) is 60.7 Å². The van der Waals surface area contributed by atoms with E-state index in [0.717, 1.165) is 22.1 Å². The fraction of sp³-hybridized carbons (Fsp3) is 0.125. The highest BCUT2D eigenvalue weighted by Gasteiger charge is 2.00. The molecular weight excluding hydrogens is 276 g/mol. The van der Waals surface area contributed by atoms with Crippen molar-refractivity contribution in [3.05, 3.63) is 60.7 Å². The van der Waals surface area contributed by atoms with E-state index in [9.17, 15) is 0 Å². The summed E-state index contributed by atoms with van der Waals surface area (Å²) in [5.41, 5.74) is 3.65. The van der Waals surface area contributed by atoms with Crippen molar-refractivity contribution in [3.8, 4) is 0 Å². The van der Waals surface area contributed by atoms with Crippen molar-refractivity contribution < 1.29 is 0 Å². The zero-order chi connectivity index (χ0) is 14.8. The van der Waals surface area contributed by atoms with Crippen molar-refractivity contribution in [2.45, 2.75) is 13.1 Å². The smallest absolute Gasteiger partial charge is 0.113 e. The van der Waals surface area contributed by atoms with Gasteiger partial charge in [0, 0.05) is 0 Å². The summed E-state index contributed by atoms with van der Waals surface area (Å²) in [5, 5.41) is 17.6. The zero-order valence-corrected chi connectivity index (χ0v) is 11.9. The molecule has 6 heteroatoms. The van der Waals surface area contributed by atoms with E-state index in [1.807, 2.05) is 60.7 Å². The van der Waals surface area contributed by atoms with Gasteiger partial charge in [-0.15, -0.1) is 0 Å². The van der Waals surface area contributed by atoms with Crippen molar-refractivity contribution in [2.24, 2.45) is 0 Å². The van der Waals surface area contributed by atoms with Crippen LogP contribution in [0.25, 0.3) is 22.1 Å². The molecule has 108 valence electrons. The molecule has 0 radical (unpaired) electrons. The molecule has 0 bridgehead atoms. The van der Waals surface area contributed by atoms with Crippen LogP contribution in [-0.2, 0) is 13.1 Å². The largest absolute Gasteiger partial charge is 0.180 e. The van der Waals surface area contributed by atoms with Gasteiger partial charge >= 0.3 is 0 Å². The molecule has 0 atom stereocenters. The quantitative estimate of drug-likeness (QED) is 0.542. The maximum Gasteiger partial charge on any atom is 0.113 e. The van der Waals surface area contributed by atoms with Crippen LogP contribution >= 0.6 is 0 Å². The van der Waals surface area contributed by atoms with Gasteiger partial charge in [0.25, 0.3) is 0 Å². The average molecular weight is 290 g/mol. The lowest BCUT2D eigenvalue weighted by molar-refractivity contribution is 0.594. The van der Waals surface area contributed by atoms with Gasteiger partial charge in [0.1, 0.15) is 22.1 Å². The predicted octanol–water partition coefficient (Wildman–Crippen LogP) is 2.43. The number of rotatable bonds is 4. The Morgan fingerprint density at radius 2 is 0.909 bits per heavy atom. The van der Waals surface area contributed by atoms with Crippen molar-refractivity contribution in [3.63, 3.8) is 0 Å². The fourth-order valence-electron chi connectivity index (χ4n) is 2.31. The first-order valence-corrected chi connectivity index (χ1v) is 7.13. The van der Waals surface area contributed by atoms with Gasteiger partial charge in [-0.3, -0.25) is 0 Å². The Bertz CT molecular complexity index is 805. The maximum atomic E-state index is 4.41. The van der Waals surface area contributed by atoms with E-state index >= 15 is 0 Å². The SMILES string of the molecule is C(=C/Cn1nc2ccccc2n1)/Cn1nc2ccccc2n1. The maximum absolute atomic E-state index is 4.41. The number of hydrogen-bond donors (Lipinski definition) is 0. The van der Waals surface area contributed by atoms with E-state index in [2.05, 4.69) is 20.4 Å². The molecule has 4 aromatic rings. The summed E-state index contributed by atoms with van der Waals surface area (Å²) >= 11 is 0. The lowest BCUT2D eigenvalue weighted by atomic mass is 10.3. The standard InChI is InChI=1S/C16H14N6/c1-2-8-14-13(7-1)17-21(18-14)11-5-6-12-22-19-15-9-3-4-10-16(15)20-22/h1-10H,11-12H2/b6-5-. The van der Waals surface area contributed by atoms with Gasteiger partial charge in [0.2, 0.25) is 0 Å². The van der Waals surface area contributed by atoms with E-state index < -0.39 is 0 Å². The molecule has 0 aliphatic heterocycles. The van der Waals surface area contributed by atoms with Gasteiger partial charge in [-0.1, -0.05) is 36.4 Å². The Hall–Kier alpha value is -3.02. The molecule has 0 fully saturated rings. The molecule has 0 aliphatic rings. The van der Waals surface area contributed by atoms with Crippen LogP contribution in [-0.4, -0.2) is 30.0 Å². The van der Waals surface area contributed by atoms with Crippen LogP contribution in [0.5, 0.6) is 0 Å². The van der Waals surface area contributed by atoms with Gasteiger partial charge in [-0.25, -0.2) is 0 Å². The van der Waals surface area contributed by atoms with Gasteiger partial charge in [-0.05, 0) is 24.3 Å². The highest BCUT2D eigenvalue weighted by Crippen LogP contribution is 2.08. The summed E-state index contributed by atoms with van der Waals surface area (Å²) in [4.78, 5) is 3.38. The van der Waals surface area contributed by atoms with Gasteiger partial charge in [0.15, 0.2) is 0 Å². The topological polar surface area (TPSA) is 61.4 Å². The lowest BCUT2D eigenvalue weighted by Gasteiger charge is -1.93. The Morgan fingerprint density at radius 3 is 1.23 bits per heavy atom. The first kappa shape index (κ1) is 12.7. The Labute approximate surface area is 126 Å². The summed E-state index contributed by atoms with van der Waals surface area (Å²) in [5.74, 6) is 0. The van der Waals surface area contributed by atoms with E-state index in [0.29, 0.717) is 13.1 Å². The number of nitrogens with zero attached hydrogens (tertiary/aromatic N) is 6. The van der Waals surface area contributed by atoms with Crippen molar-refractivity contribution >= 4 is 22.1 Å². The van der Waals surface area contributed by atoms with Crippen LogP contribution < -0.4 is 0 Å². The number of aromatic nitrogens is 6. The molecule has 0 saturated heterocycles. The minimum absolute atomic E-state index is 0.634. The summed E-state index contributed by atoms with van der Waals surface area (Å²) < 4.78 is 0. The Morgan fingerprint density at radius 1 is 0.591 bits per heavy atom. The highest BCUT2D eigenvalue weighted by atomic mass is 15.5. The molecule has 4 rings (SSSR count). The van der Waals surface area contributed by atoms with Crippen molar-refractivity contribution in [1.82, 2.24) is 30.0 Å². The van der Waals surface area contributed by atoms with E-state index in [4.69, 9.17) is 0 Å². The summed E-state index contributed by atoms with van der Waals surface area (Å²) in [6.45, 7) is 1.27. The predicted molar refractivity (Wildman–Crippen MR) is 84.2 cm³/mol. The molecule has 0 unspecified atom stereocenters. The molecule has 22 heavy (non-hydrogen) atoms. The lowest BCUT2D eigenvalue weighted by Crippen LogP contribution is -2.02. The molecule has 2 heterocycles. The second-order valence-corrected chi connectivity index (χ2v) is 4.96. The van der Waals surface area contributed by atoms with Crippen LogP contribution in [0.1, 0.15) is 0 Å². The minimum atomic E-state index is 0.634. The van der Waals surface area contributed by atoms with Crippen LogP contribution in [0.4, 0.5) is 0 Å². The monoisotopic (exact) mass is 290 g/mol. The minimum Gasteiger partial charge on any atom is -0.180 e. The first-order chi connectivity index (χ1) is 10.9. The van der Waals surface area contributed by atoms with E-state index in [1.165, 1.54) is 0 Å². The molecular formula is C16H14N6. The van der Waals surface area contributed by atoms with E-state index in [1.54, 1.807) is 9.59 Å². The molecule has 0 N–H and O–H groups in total. The highest BCUT2D eigenvalue weighted by molar-refractivity contribution is 5.73. The fourth-order valence-corrected chi connectivity index (χ4v) is 2.31. The summed E-state index contributed by atoms with van der Waals surface area (Å²) in [6, 6.07) is 15.7. The third-order valence-corrected chi connectivity index (χ3v) is 3.36. The van der Waals surface area contributed by atoms with Gasteiger partial charge in [0.05, 0.1) is 13.1 Å². The third kappa shape index (κ3) is 2.46. The first-order valence-electron chi connectivity index (χ1n) is 7.13. The average Bonchev–Trinajstić information content (AvgIpc) is 3.14. The number of benzene rings is 2. The van der Waals surface area contributed by atoms with Crippen LogP contribution in [0.3, 0.4) is 0 Å². The Balaban J connectivity index is 1.43. The zero-order valence-electron chi connectivity index (χ0n) is 11.9.